The fraction of sp³-hybridized carbons (Fsp3) is 0.667. The number of carbonyl (C=O) groups is 1. The van der Waals surface area contributed by atoms with Crippen LogP contribution in [0.5, 0.6) is 0 Å². The van der Waals surface area contributed by atoms with Crippen LogP contribution in [-0.2, 0) is 9.53 Å². The van der Waals surface area contributed by atoms with E-state index in [1.54, 1.807) is 13.8 Å². The van der Waals surface area contributed by atoms with E-state index in [9.17, 15) is 4.79 Å². The van der Waals surface area contributed by atoms with Gasteiger partial charge in [0.05, 0.1) is 5.92 Å². The Kier molecular flexibility index (Phi) is 8.13. The summed E-state index contributed by atoms with van der Waals surface area (Å²) in [6, 6.07) is 0. The van der Waals surface area contributed by atoms with Crippen LogP contribution in [0.3, 0.4) is 0 Å². The van der Waals surface area contributed by atoms with E-state index in [1.807, 2.05) is 0 Å². The minimum Gasteiger partial charge on any atom is -0.499 e. The van der Waals surface area contributed by atoms with Crippen molar-refractivity contribution in [3.63, 3.8) is 0 Å². The van der Waals surface area contributed by atoms with Crippen molar-refractivity contribution in [1.29, 1.82) is 0 Å². The topological polar surface area (TPSA) is 26.3 Å². The first-order valence-corrected chi connectivity index (χ1v) is 2.64. The Bertz CT molecular complexity index is 81.1. The normalized spacial score (nSPS) is 8.44. The monoisotopic (exact) mass is 122 g/mol. The summed E-state index contributed by atoms with van der Waals surface area (Å²) in [5.41, 5.74) is 0. The first-order valence-electron chi connectivity index (χ1n) is 2.64. The van der Waals surface area contributed by atoms with Crippen molar-refractivity contribution in [1.82, 2.24) is 0 Å². The molecule has 2 nitrogen and oxygen atoms in total. The smallest absolute Gasteiger partial charge is 0.499 e. The van der Waals surface area contributed by atoms with Crippen molar-refractivity contribution < 1.29 is 28.4 Å². The van der Waals surface area contributed by atoms with Gasteiger partial charge in [-0.2, -0.15) is 0 Å². The molecule has 0 fully saturated rings. The number of hydrogen-bond acceptors (Lipinski definition) is 2. The van der Waals surface area contributed by atoms with Gasteiger partial charge in [-0.3, -0.25) is 4.79 Å². The Balaban J connectivity index is 0. The third kappa shape index (κ3) is 5.95. The van der Waals surface area contributed by atoms with Gasteiger partial charge in [0.2, 0.25) is 0 Å². The Hall–Kier alpha value is 0.0674. The van der Waals surface area contributed by atoms with Gasteiger partial charge >= 0.3 is 24.8 Å². The molecular formula is C6H11LiO2. The molecular weight excluding hydrogens is 111 g/mol. The number of hydrogen-bond donors (Lipinski definition) is 0. The number of carbonyl (C=O) groups excluding carboxylic acids is 1. The largest absolute Gasteiger partial charge is 1.00 e. The van der Waals surface area contributed by atoms with Crippen LogP contribution in [0.1, 0.15) is 13.8 Å². The summed E-state index contributed by atoms with van der Waals surface area (Å²) in [5, 5.41) is 0. The van der Waals surface area contributed by atoms with Crippen LogP contribution in [0.25, 0.3) is 0 Å². The predicted molar refractivity (Wildman–Crippen MR) is 31.2 cm³/mol. The van der Waals surface area contributed by atoms with Crippen LogP contribution >= 0.6 is 0 Å². The summed E-state index contributed by atoms with van der Waals surface area (Å²) in [4.78, 5) is 10.5. The van der Waals surface area contributed by atoms with E-state index in [-0.39, 0.29) is 37.4 Å². The SMILES string of the molecule is [CH2-]COC(=O)C(C)C.[Li+]. The molecule has 0 heterocycles. The van der Waals surface area contributed by atoms with Crippen LogP contribution in [0.15, 0.2) is 0 Å². The molecule has 0 atom stereocenters. The van der Waals surface area contributed by atoms with E-state index in [4.69, 9.17) is 0 Å². The van der Waals surface area contributed by atoms with E-state index in [0.717, 1.165) is 0 Å². The first-order chi connectivity index (χ1) is 3.68. The van der Waals surface area contributed by atoms with Gasteiger partial charge in [-0.25, -0.2) is 0 Å². The zero-order valence-electron chi connectivity index (χ0n) is 6.31. The summed E-state index contributed by atoms with van der Waals surface area (Å²) < 4.78 is 4.55. The minimum atomic E-state index is -0.181. The van der Waals surface area contributed by atoms with Crippen molar-refractivity contribution in [2.45, 2.75) is 13.8 Å². The molecule has 0 aromatic carbocycles. The van der Waals surface area contributed by atoms with Gasteiger partial charge < -0.3 is 11.7 Å². The average molecular weight is 122 g/mol. The molecule has 0 aliphatic heterocycles. The molecule has 0 aromatic rings. The summed E-state index contributed by atoms with van der Waals surface area (Å²) in [6.07, 6.45) is 0. The van der Waals surface area contributed by atoms with E-state index >= 15 is 0 Å². The Morgan fingerprint density at radius 2 is 2.11 bits per heavy atom. The quantitative estimate of drug-likeness (QED) is 0.241. The molecule has 0 unspecified atom stereocenters. The first kappa shape index (κ1) is 11.8. The van der Waals surface area contributed by atoms with Crippen LogP contribution in [0.4, 0.5) is 0 Å². The van der Waals surface area contributed by atoms with Gasteiger partial charge in [0.1, 0.15) is 0 Å². The van der Waals surface area contributed by atoms with Crippen molar-refractivity contribution in [2.24, 2.45) is 5.92 Å². The van der Waals surface area contributed by atoms with Crippen molar-refractivity contribution in [3.05, 3.63) is 6.92 Å². The molecule has 48 valence electrons. The van der Waals surface area contributed by atoms with Crippen molar-refractivity contribution in [2.75, 3.05) is 6.61 Å². The Morgan fingerprint density at radius 3 is 2.22 bits per heavy atom. The maximum absolute atomic E-state index is 10.5. The molecule has 0 aromatic heterocycles. The van der Waals surface area contributed by atoms with Crippen LogP contribution in [-0.4, -0.2) is 12.6 Å². The zero-order chi connectivity index (χ0) is 6.57. The third-order valence-electron chi connectivity index (χ3n) is 0.716. The Morgan fingerprint density at radius 1 is 1.67 bits per heavy atom. The molecule has 0 amide bonds. The molecule has 0 radical (unpaired) electrons. The second kappa shape index (κ2) is 6.19. The number of rotatable bonds is 2. The van der Waals surface area contributed by atoms with Gasteiger partial charge in [0, 0.05) is 0 Å². The van der Waals surface area contributed by atoms with E-state index in [1.165, 1.54) is 0 Å². The molecule has 0 rings (SSSR count). The second-order valence-corrected chi connectivity index (χ2v) is 1.82. The number of ether oxygens (including phenoxy) is 1. The van der Waals surface area contributed by atoms with E-state index in [2.05, 4.69) is 11.7 Å². The van der Waals surface area contributed by atoms with Crippen LogP contribution < -0.4 is 18.9 Å². The van der Waals surface area contributed by atoms with Crippen LogP contribution in [0, 0.1) is 12.8 Å². The molecule has 0 aliphatic carbocycles. The van der Waals surface area contributed by atoms with Crippen LogP contribution in [0.2, 0.25) is 0 Å². The van der Waals surface area contributed by atoms with Gasteiger partial charge in [-0.15, -0.1) is 0 Å². The van der Waals surface area contributed by atoms with Gasteiger partial charge in [0.15, 0.2) is 0 Å². The van der Waals surface area contributed by atoms with Gasteiger partial charge in [-0.05, 0) is 6.61 Å². The summed E-state index contributed by atoms with van der Waals surface area (Å²) in [6.45, 7) is 7.18. The molecule has 0 saturated heterocycles. The van der Waals surface area contributed by atoms with Crippen molar-refractivity contribution >= 4 is 5.97 Å². The average Bonchev–Trinajstić information content (AvgIpc) is 1.67. The fourth-order valence-electron chi connectivity index (χ4n) is 0.267. The molecule has 9 heavy (non-hydrogen) atoms. The van der Waals surface area contributed by atoms with Gasteiger partial charge in [0.25, 0.3) is 0 Å². The maximum atomic E-state index is 10.5. The standard InChI is InChI=1S/C6H11O2.Li/c1-4-8-6(7)5(2)3;/h5H,1,4H2,2-3H3;/q-1;+1. The minimum absolute atomic E-state index is 0. The zero-order valence-corrected chi connectivity index (χ0v) is 6.31. The van der Waals surface area contributed by atoms with E-state index < -0.39 is 0 Å². The maximum Gasteiger partial charge on any atom is 1.00 e. The Labute approximate surface area is 68.1 Å². The molecule has 0 saturated carbocycles. The van der Waals surface area contributed by atoms with Crippen molar-refractivity contribution in [3.8, 4) is 0 Å². The second-order valence-electron chi connectivity index (χ2n) is 1.82. The molecule has 0 spiro atoms. The summed E-state index contributed by atoms with van der Waals surface area (Å²) in [5.74, 6) is -0.211. The molecule has 0 bridgehead atoms. The molecule has 0 aliphatic rings. The van der Waals surface area contributed by atoms with Gasteiger partial charge in [-0.1, -0.05) is 13.8 Å². The predicted octanol–water partition coefficient (Wildman–Crippen LogP) is -1.98. The van der Waals surface area contributed by atoms with E-state index in [0.29, 0.717) is 0 Å². The molecule has 0 N–H and O–H groups in total. The summed E-state index contributed by atoms with van der Waals surface area (Å²) >= 11 is 0. The molecule has 3 heteroatoms. The third-order valence-corrected chi connectivity index (χ3v) is 0.716. The number of esters is 1. The fourth-order valence-corrected chi connectivity index (χ4v) is 0.267. The summed E-state index contributed by atoms with van der Waals surface area (Å²) in [7, 11) is 0.